The van der Waals surface area contributed by atoms with Gasteiger partial charge >= 0.3 is 0 Å². The van der Waals surface area contributed by atoms with Crippen molar-refractivity contribution in [1.82, 2.24) is 9.80 Å². The summed E-state index contributed by atoms with van der Waals surface area (Å²) in [5.41, 5.74) is 0. The number of hydrogen-bond donors (Lipinski definition) is 1. The monoisotopic (exact) mass is 246 g/mol. The standard InChI is InChI=1S/C11H22N2S2/c1-12-6-8-13(9-7-12)10-2-4-11(15-14)5-3-10/h10-11,14H,2-9H2,1H3. The van der Waals surface area contributed by atoms with Crippen molar-refractivity contribution in [2.45, 2.75) is 37.0 Å². The highest BCUT2D eigenvalue weighted by Gasteiger charge is 2.27. The predicted octanol–water partition coefficient (Wildman–Crippen LogP) is 2.12. The van der Waals surface area contributed by atoms with Crippen molar-refractivity contribution in [3.8, 4) is 0 Å². The molecule has 1 aliphatic heterocycles. The maximum absolute atomic E-state index is 4.33. The Kier molecular flexibility index (Phi) is 4.68. The molecular weight excluding hydrogens is 224 g/mol. The summed E-state index contributed by atoms with van der Waals surface area (Å²) in [6.07, 6.45) is 5.51. The zero-order chi connectivity index (χ0) is 10.7. The van der Waals surface area contributed by atoms with Crippen molar-refractivity contribution in [3.05, 3.63) is 0 Å². The fraction of sp³-hybridized carbons (Fsp3) is 1.00. The van der Waals surface area contributed by atoms with E-state index in [1.54, 1.807) is 10.8 Å². The van der Waals surface area contributed by atoms with Crippen molar-refractivity contribution in [1.29, 1.82) is 0 Å². The fourth-order valence-corrected chi connectivity index (χ4v) is 3.82. The highest BCUT2D eigenvalue weighted by atomic mass is 33.1. The lowest BCUT2D eigenvalue weighted by Crippen LogP contribution is -2.50. The van der Waals surface area contributed by atoms with Crippen LogP contribution >= 0.6 is 22.5 Å². The second-order valence-electron chi connectivity index (χ2n) is 4.88. The summed E-state index contributed by atoms with van der Waals surface area (Å²) in [6, 6.07) is 0.871. The van der Waals surface area contributed by atoms with E-state index in [-0.39, 0.29) is 0 Å². The van der Waals surface area contributed by atoms with Crippen LogP contribution in [0.25, 0.3) is 0 Å². The Morgan fingerprint density at radius 3 is 2.13 bits per heavy atom. The molecule has 15 heavy (non-hydrogen) atoms. The van der Waals surface area contributed by atoms with Gasteiger partial charge < -0.3 is 4.90 Å². The molecule has 0 aromatic rings. The van der Waals surface area contributed by atoms with Gasteiger partial charge in [-0.15, -0.1) is 11.7 Å². The lowest BCUT2D eigenvalue weighted by Gasteiger charge is -2.40. The van der Waals surface area contributed by atoms with Crippen LogP contribution in [0.15, 0.2) is 0 Å². The van der Waals surface area contributed by atoms with Crippen LogP contribution in [0.5, 0.6) is 0 Å². The number of nitrogens with zero attached hydrogens (tertiary/aromatic N) is 2. The zero-order valence-corrected chi connectivity index (χ0v) is 11.3. The first-order valence-electron chi connectivity index (χ1n) is 6.02. The maximum Gasteiger partial charge on any atom is 0.0150 e. The van der Waals surface area contributed by atoms with Crippen LogP contribution in [0.3, 0.4) is 0 Å². The number of thiol groups is 1. The van der Waals surface area contributed by atoms with E-state index in [1.165, 1.54) is 51.9 Å². The molecule has 0 spiro atoms. The summed E-state index contributed by atoms with van der Waals surface area (Å²) in [6.45, 7) is 5.06. The van der Waals surface area contributed by atoms with Gasteiger partial charge in [-0.2, -0.15) is 0 Å². The fourth-order valence-electron chi connectivity index (χ4n) is 2.70. The van der Waals surface area contributed by atoms with Gasteiger partial charge in [-0.3, -0.25) is 4.90 Å². The highest BCUT2D eigenvalue weighted by Crippen LogP contribution is 2.32. The van der Waals surface area contributed by atoms with Gasteiger partial charge in [-0.05, 0) is 32.7 Å². The third kappa shape index (κ3) is 3.29. The Balaban J connectivity index is 1.75. The van der Waals surface area contributed by atoms with Gasteiger partial charge in [0, 0.05) is 37.5 Å². The molecule has 2 aliphatic rings. The van der Waals surface area contributed by atoms with Crippen LogP contribution in [0.1, 0.15) is 25.7 Å². The molecule has 1 saturated carbocycles. The van der Waals surface area contributed by atoms with E-state index in [9.17, 15) is 0 Å². The number of rotatable bonds is 2. The Morgan fingerprint density at radius 1 is 1.00 bits per heavy atom. The Hall–Kier alpha value is 0.620. The van der Waals surface area contributed by atoms with E-state index in [0.29, 0.717) is 0 Å². The molecule has 1 aliphatic carbocycles. The van der Waals surface area contributed by atoms with Gasteiger partial charge in [-0.25, -0.2) is 0 Å². The van der Waals surface area contributed by atoms with Crippen LogP contribution in [-0.4, -0.2) is 54.3 Å². The zero-order valence-electron chi connectivity index (χ0n) is 9.56. The second kappa shape index (κ2) is 5.80. The third-order valence-electron chi connectivity index (χ3n) is 3.85. The molecule has 2 fully saturated rings. The molecule has 0 radical (unpaired) electrons. The van der Waals surface area contributed by atoms with Gasteiger partial charge in [0.2, 0.25) is 0 Å². The van der Waals surface area contributed by atoms with Crippen molar-refractivity contribution in [2.75, 3.05) is 33.2 Å². The van der Waals surface area contributed by atoms with Gasteiger partial charge in [0.25, 0.3) is 0 Å². The molecule has 0 atom stereocenters. The SMILES string of the molecule is CN1CCN(C2CCC(SS)CC2)CC1. The molecule has 0 N–H and O–H groups in total. The predicted molar refractivity (Wildman–Crippen MR) is 71.7 cm³/mol. The molecule has 1 heterocycles. The van der Waals surface area contributed by atoms with Crippen molar-refractivity contribution < 1.29 is 0 Å². The van der Waals surface area contributed by atoms with E-state index in [0.717, 1.165) is 11.3 Å². The van der Waals surface area contributed by atoms with Crippen LogP contribution in [0.4, 0.5) is 0 Å². The van der Waals surface area contributed by atoms with E-state index in [4.69, 9.17) is 0 Å². The minimum atomic E-state index is 0.817. The van der Waals surface area contributed by atoms with Gasteiger partial charge in [0.05, 0.1) is 0 Å². The average Bonchev–Trinajstić information content (AvgIpc) is 2.30. The van der Waals surface area contributed by atoms with E-state index < -0.39 is 0 Å². The van der Waals surface area contributed by atoms with Crippen molar-refractivity contribution >= 4 is 22.5 Å². The first kappa shape index (κ1) is 12.1. The van der Waals surface area contributed by atoms with Crippen molar-refractivity contribution in [2.24, 2.45) is 0 Å². The normalized spacial score (nSPS) is 35.6. The van der Waals surface area contributed by atoms with Gasteiger partial charge in [0.1, 0.15) is 0 Å². The topological polar surface area (TPSA) is 6.48 Å². The summed E-state index contributed by atoms with van der Waals surface area (Å²) in [5, 5.41) is 0.817. The first-order chi connectivity index (χ1) is 7.29. The Morgan fingerprint density at radius 2 is 1.60 bits per heavy atom. The minimum absolute atomic E-state index is 0.817. The van der Waals surface area contributed by atoms with Gasteiger partial charge in [0.15, 0.2) is 0 Å². The molecule has 2 rings (SSSR count). The summed E-state index contributed by atoms with van der Waals surface area (Å²) < 4.78 is 0. The lowest BCUT2D eigenvalue weighted by molar-refractivity contribution is 0.0923. The Labute approximate surface area is 103 Å². The lowest BCUT2D eigenvalue weighted by atomic mass is 9.93. The maximum atomic E-state index is 4.33. The molecule has 2 nitrogen and oxygen atoms in total. The summed E-state index contributed by atoms with van der Waals surface area (Å²) in [5.74, 6) is 0. The molecule has 1 saturated heterocycles. The summed E-state index contributed by atoms with van der Waals surface area (Å²) in [7, 11) is 3.99. The van der Waals surface area contributed by atoms with E-state index >= 15 is 0 Å². The number of likely N-dealkylation sites (N-methyl/N-ethyl adjacent to an activating group) is 1. The molecular formula is C11H22N2S2. The average molecular weight is 246 g/mol. The quantitative estimate of drug-likeness (QED) is 0.589. The van der Waals surface area contributed by atoms with Gasteiger partial charge in [-0.1, -0.05) is 10.8 Å². The van der Waals surface area contributed by atoms with Crippen LogP contribution in [-0.2, 0) is 0 Å². The van der Waals surface area contributed by atoms with E-state index in [1.807, 2.05) is 0 Å². The van der Waals surface area contributed by atoms with Crippen LogP contribution in [0.2, 0.25) is 0 Å². The van der Waals surface area contributed by atoms with E-state index in [2.05, 4.69) is 28.5 Å². The largest absolute Gasteiger partial charge is 0.304 e. The number of hydrogen-bond acceptors (Lipinski definition) is 4. The molecule has 88 valence electrons. The smallest absolute Gasteiger partial charge is 0.0150 e. The second-order valence-corrected chi connectivity index (χ2v) is 6.39. The van der Waals surface area contributed by atoms with Crippen molar-refractivity contribution in [3.63, 3.8) is 0 Å². The van der Waals surface area contributed by atoms with Crippen LogP contribution in [0, 0.1) is 0 Å². The number of piperazine rings is 1. The molecule has 0 bridgehead atoms. The highest BCUT2D eigenvalue weighted by molar-refractivity contribution is 8.68. The Bertz CT molecular complexity index is 185. The molecule has 0 unspecified atom stereocenters. The molecule has 0 aromatic heterocycles. The molecule has 4 heteroatoms. The summed E-state index contributed by atoms with van der Waals surface area (Å²) in [4.78, 5) is 5.14. The first-order valence-corrected chi connectivity index (χ1v) is 7.95. The molecule has 0 aromatic carbocycles. The third-order valence-corrected chi connectivity index (χ3v) is 5.51. The van der Waals surface area contributed by atoms with Crippen LogP contribution < -0.4 is 0 Å². The molecule has 0 amide bonds. The summed E-state index contributed by atoms with van der Waals surface area (Å²) >= 11 is 4.33. The minimum Gasteiger partial charge on any atom is -0.304 e.